The zero-order valence-electron chi connectivity index (χ0n) is 9.63. The summed E-state index contributed by atoms with van der Waals surface area (Å²) >= 11 is 5.82. The number of rotatable bonds is 3. The summed E-state index contributed by atoms with van der Waals surface area (Å²) in [5.41, 5.74) is 0.519. The van der Waals surface area contributed by atoms with Gasteiger partial charge in [0, 0.05) is 11.1 Å². The van der Waals surface area contributed by atoms with Gasteiger partial charge in [-0.3, -0.25) is 0 Å². The highest BCUT2D eigenvalue weighted by atomic mass is 35.5. The molecule has 5 heteroatoms. The van der Waals surface area contributed by atoms with Crippen molar-refractivity contribution in [2.75, 3.05) is 0 Å². The van der Waals surface area contributed by atoms with Gasteiger partial charge in [-0.25, -0.2) is 4.79 Å². The number of carboxylic acids is 1. The van der Waals surface area contributed by atoms with Crippen LogP contribution in [0.4, 0.5) is 0 Å². The normalized spacial score (nSPS) is 9.68. The summed E-state index contributed by atoms with van der Waals surface area (Å²) in [5.74, 6) is -0.506. The second kappa shape index (κ2) is 5.42. The molecule has 2 aromatic carbocycles. The molecule has 0 radical (unpaired) electrons. The Labute approximate surface area is 114 Å². The maximum absolute atomic E-state index is 11.1. The Morgan fingerprint density at radius 3 is 2.47 bits per heavy atom. The van der Waals surface area contributed by atoms with Crippen LogP contribution in [0.3, 0.4) is 0 Å². The molecule has 94 valence electrons. The Balaban J connectivity index is 2.34. The Morgan fingerprint density at radius 2 is 1.89 bits per heavy atom. The molecule has 0 aliphatic carbocycles. The van der Waals surface area contributed by atoms with E-state index in [-0.39, 0.29) is 11.3 Å². The Bertz CT molecular complexity index is 659. The van der Waals surface area contributed by atoms with Crippen LogP contribution >= 0.6 is 11.6 Å². The van der Waals surface area contributed by atoms with Gasteiger partial charge < -0.3 is 9.84 Å². The standard InChI is InChI=1S/C14H8ClNO3/c15-10-3-6-12(14(17)18)13(7-10)19-11-4-1-9(8-16)2-5-11/h1-7H,(H,17,18). The van der Waals surface area contributed by atoms with E-state index in [2.05, 4.69) is 0 Å². The van der Waals surface area contributed by atoms with Crippen LogP contribution in [0.25, 0.3) is 0 Å². The minimum atomic E-state index is -1.10. The van der Waals surface area contributed by atoms with Crippen molar-refractivity contribution in [2.24, 2.45) is 0 Å². The van der Waals surface area contributed by atoms with E-state index in [1.807, 2.05) is 6.07 Å². The first-order valence-corrected chi connectivity index (χ1v) is 5.69. The highest BCUT2D eigenvalue weighted by Crippen LogP contribution is 2.28. The quantitative estimate of drug-likeness (QED) is 0.925. The van der Waals surface area contributed by atoms with Crippen LogP contribution in [-0.4, -0.2) is 11.1 Å². The SMILES string of the molecule is N#Cc1ccc(Oc2cc(Cl)ccc2C(=O)O)cc1. The largest absolute Gasteiger partial charge is 0.478 e. The topological polar surface area (TPSA) is 70.3 Å². The molecule has 0 fully saturated rings. The Kier molecular flexibility index (Phi) is 3.69. The number of nitriles is 1. The molecule has 0 spiro atoms. The fourth-order valence-electron chi connectivity index (χ4n) is 1.48. The van der Waals surface area contributed by atoms with Crippen molar-refractivity contribution in [1.82, 2.24) is 0 Å². The third-order valence-corrected chi connectivity index (χ3v) is 2.62. The van der Waals surface area contributed by atoms with E-state index < -0.39 is 5.97 Å². The molecule has 0 aliphatic heterocycles. The van der Waals surface area contributed by atoms with Gasteiger partial charge in [0.25, 0.3) is 0 Å². The van der Waals surface area contributed by atoms with E-state index in [0.717, 1.165) is 0 Å². The summed E-state index contributed by atoms with van der Waals surface area (Å²) < 4.78 is 5.48. The highest BCUT2D eigenvalue weighted by Gasteiger charge is 2.12. The molecule has 0 aromatic heterocycles. The highest BCUT2D eigenvalue weighted by molar-refractivity contribution is 6.30. The van der Waals surface area contributed by atoms with E-state index in [4.69, 9.17) is 26.7 Å². The van der Waals surface area contributed by atoms with Crippen LogP contribution in [0.1, 0.15) is 15.9 Å². The van der Waals surface area contributed by atoms with Gasteiger partial charge in [0.1, 0.15) is 17.1 Å². The molecule has 0 saturated heterocycles. The lowest BCUT2D eigenvalue weighted by atomic mass is 10.2. The predicted molar refractivity (Wildman–Crippen MR) is 69.6 cm³/mol. The summed E-state index contributed by atoms with van der Waals surface area (Å²) in [7, 11) is 0. The van der Waals surface area contributed by atoms with Gasteiger partial charge in [-0.05, 0) is 36.4 Å². The third-order valence-electron chi connectivity index (χ3n) is 2.39. The van der Waals surface area contributed by atoms with Gasteiger partial charge >= 0.3 is 5.97 Å². The summed E-state index contributed by atoms with van der Waals surface area (Å²) in [4.78, 5) is 11.1. The zero-order chi connectivity index (χ0) is 13.8. The number of carboxylic acid groups (broad SMARTS) is 1. The molecule has 0 unspecified atom stereocenters. The summed E-state index contributed by atoms with van der Waals surface area (Å²) in [5, 5.41) is 18.1. The van der Waals surface area contributed by atoms with Gasteiger partial charge in [0.2, 0.25) is 0 Å². The molecule has 0 bridgehead atoms. The van der Waals surface area contributed by atoms with Crippen molar-refractivity contribution in [1.29, 1.82) is 5.26 Å². The number of nitrogens with zero attached hydrogens (tertiary/aromatic N) is 1. The molecule has 0 saturated carbocycles. The number of hydrogen-bond donors (Lipinski definition) is 1. The molecule has 4 nitrogen and oxygen atoms in total. The van der Waals surface area contributed by atoms with Crippen molar-refractivity contribution in [3.8, 4) is 17.6 Å². The van der Waals surface area contributed by atoms with Crippen molar-refractivity contribution in [3.63, 3.8) is 0 Å². The summed E-state index contributed by atoms with van der Waals surface area (Å²) in [6.07, 6.45) is 0. The first kappa shape index (κ1) is 12.9. The van der Waals surface area contributed by atoms with Gasteiger partial charge in [0.05, 0.1) is 11.6 Å². The van der Waals surface area contributed by atoms with Crippen LogP contribution in [0.2, 0.25) is 5.02 Å². The van der Waals surface area contributed by atoms with Crippen molar-refractivity contribution < 1.29 is 14.6 Å². The predicted octanol–water partition coefficient (Wildman–Crippen LogP) is 3.70. The van der Waals surface area contributed by atoms with E-state index >= 15 is 0 Å². The minimum absolute atomic E-state index is 0.0220. The van der Waals surface area contributed by atoms with Gasteiger partial charge in [0.15, 0.2) is 0 Å². The molecule has 2 aromatic rings. The van der Waals surface area contributed by atoms with E-state index in [9.17, 15) is 4.79 Å². The summed E-state index contributed by atoms with van der Waals surface area (Å²) in [6.45, 7) is 0. The second-order valence-electron chi connectivity index (χ2n) is 3.68. The van der Waals surface area contributed by atoms with E-state index in [1.54, 1.807) is 24.3 Å². The second-order valence-corrected chi connectivity index (χ2v) is 4.12. The lowest BCUT2D eigenvalue weighted by molar-refractivity contribution is 0.0694. The van der Waals surface area contributed by atoms with Gasteiger partial charge in [-0.1, -0.05) is 11.6 Å². The van der Waals surface area contributed by atoms with Crippen molar-refractivity contribution in [2.45, 2.75) is 0 Å². The average molecular weight is 274 g/mol. The molecule has 0 amide bonds. The van der Waals surface area contributed by atoms with Crippen LogP contribution in [0.15, 0.2) is 42.5 Å². The molecule has 0 atom stereocenters. The first-order chi connectivity index (χ1) is 9.10. The van der Waals surface area contributed by atoms with E-state index in [1.165, 1.54) is 18.2 Å². The molecule has 0 aliphatic rings. The summed E-state index contributed by atoms with van der Waals surface area (Å²) in [6, 6.07) is 12.6. The maximum atomic E-state index is 11.1. The van der Waals surface area contributed by atoms with Crippen LogP contribution in [0, 0.1) is 11.3 Å². The van der Waals surface area contributed by atoms with Crippen LogP contribution < -0.4 is 4.74 Å². The zero-order valence-corrected chi connectivity index (χ0v) is 10.4. The lowest BCUT2D eigenvalue weighted by Crippen LogP contribution is -1.99. The van der Waals surface area contributed by atoms with Crippen molar-refractivity contribution >= 4 is 17.6 Å². The van der Waals surface area contributed by atoms with E-state index in [0.29, 0.717) is 16.3 Å². The number of halogens is 1. The number of hydrogen-bond acceptors (Lipinski definition) is 3. The molecule has 19 heavy (non-hydrogen) atoms. The number of carbonyl (C=O) groups is 1. The maximum Gasteiger partial charge on any atom is 0.339 e. The monoisotopic (exact) mass is 273 g/mol. The van der Waals surface area contributed by atoms with Crippen LogP contribution in [-0.2, 0) is 0 Å². The lowest BCUT2D eigenvalue weighted by Gasteiger charge is -2.09. The fourth-order valence-corrected chi connectivity index (χ4v) is 1.64. The first-order valence-electron chi connectivity index (χ1n) is 5.31. The molecule has 1 N–H and O–H groups in total. The number of benzene rings is 2. The third kappa shape index (κ3) is 3.03. The van der Waals surface area contributed by atoms with Crippen molar-refractivity contribution in [3.05, 3.63) is 58.6 Å². The average Bonchev–Trinajstić information content (AvgIpc) is 2.39. The van der Waals surface area contributed by atoms with Crippen LogP contribution in [0.5, 0.6) is 11.5 Å². The Morgan fingerprint density at radius 1 is 1.21 bits per heavy atom. The molecule has 2 rings (SSSR count). The Hall–Kier alpha value is -2.51. The number of aromatic carboxylic acids is 1. The molecular weight excluding hydrogens is 266 g/mol. The molecular formula is C14H8ClNO3. The van der Waals surface area contributed by atoms with Gasteiger partial charge in [-0.2, -0.15) is 5.26 Å². The van der Waals surface area contributed by atoms with Gasteiger partial charge in [-0.15, -0.1) is 0 Å². The minimum Gasteiger partial charge on any atom is -0.478 e. The molecule has 0 heterocycles. The smallest absolute Gasteiger partial charge is 0.339 e. The number of ether oxygens (including phenoxy) is 1. The fraction of sp³-hybridized carbons (Fsp3) is 0.